The zero-order chi connectivity index (χ0) is 19.9. The lowest BCUT2D eigenvalue weighted by molar-refractivity contribution is -0.390. The quantitative estimate of drug-likeness (QED) is 0.429. The largest absolute Gasteiger partial charge is 0.463 e. The molecule has 2 aliphatic rings. The van der Waals surface area contributed by atoms with E-state index in [0.29, 0.717) is 0 Å². The molecule has 10 heteroatoms. The molecular formula is C16H20F6O4. The maximum absolute atomic E-state index is 13.1. The number of esters is 1. The topological polar surface area (TPSA) is 55.8 Å². The van der Waals surface area contributed by atoms with E-state index >= 15 is 0 Å². The minimum absolute atomic E-state index is 0.0759. The van der Waals surface area contributed by atoms with E-state index in [2.05, 4.69) is 11.3 Å². The number of ether oxygens (including phenoxy) is 2. The lowest BCUT2D eigenvalue weighted by Crippen LogP contribution is -2.63. The van der Waals surface area contributed by atoms with E-state index in [0.717, 1.165) is 0 Å². The molecule has 1 N–H and O–H groups in total. The molecule has 0 amide bonds. The Morgan fingerprint density at radius 1 is 1.12 bits per heavy atom. The SMILES string of the molecule is C=C(COC1CC2CC1C(C(O)(C(F)(F)F)C(F)(F)F)C2)C(=O)OCC. The van der Waals surface area contributed by atoms with Crippen molar-refractivity contribution in [2.75, 3.05) is 13.2 Å². The predicted octanol–water partition coefficient (Wildman–Crippen LogP) is 3.39. The monoisotopic (exact) mass is 390 g/mol. The third kappa shape index (κ3) is 3.58. The summed E-state index contributed by atoms with van der Waals surface area (Å²) in [6.07, 6.45) is -12.6. The molecule has 2 aliphatic carbocycles. The molecule has 0 heterocycles. The molecule has 0 radical (unpaired) electrons. The van der Waals surface area contributed by atoms with Crippen LogP contribution in [0.3, 0.4) is 0 Å². The Labute approximate surface area is 146 Å². The number of aliphatic hydroxyl groups is 1. The Bertz CT molecular complexity index is 542. The number of carbonyl (C=O) groups excluding carboxylic acids is 1. The highest BCUT2D eigenvalue weighted by molar-refractivity contribution is 5.87. The zero-order valence-corrected chi connectivity index (χ0v) is 14.0. The molecule has 2 saturated carbocycles. The molecule has 0 aromatic rings. The minimum Gasteiger partial charge on any atom is -0.463 e. The molecule has 4 nitrogen and oxygen atoms in total. The highest BCUT2D eigenvalue weighted by Crippen LogP contribution is 2.60. The summed E-state index contributed by atoms with van der Waals surface area (Å²) in [5, 5.41) is 9.66. The number of hydrogen-bond acceptors (Lipinski definition) is 4. The van der Waals surface area contributed by atoms with Crippen molar-refractivity contribution >= 4 is 5.97 Å². The molecule has 4 atom stereocenters. The molecule has 0 aromatic heterocycles. The van der Waals surface area contributed by atoms with Crippen LogP contribution in [-0.2, 0) is 14.3 Å². The highest BCUT2D eigenvalue weighted by atomic mass is 19.4. The van der Waals surface area contributed by atoms with Crippen LogP contribution in [0.4, 0.5) is 26.3 Å². The van der Waals surface area contributed by atoms with Crippen molar-refractivity contribution in [2.24, 2.45) is 17.8 Å². The fourth-order valence-corrected chi connectivity index (χ4v) is 4.04. The van der Waals surface area contributed by atoms with Gasteiger partial charge in [0.25, 0.3) is 5.60 Å². The van der Waals surface area contributed by atoms with E-state index in [9.17, 15) is 36.2 Å². The first kappa shape index (κ1) is 21.0. The number of carbonyl (C=O) groups is 1. The number of hydrogen-bond donors (Lipinski definition) is 1. The van der Waals surface area contributed by atoms with Gasteiger partial charge in [-0.15, -0.1) is 0 Å². The molecule has 150 valence electrons. The van der Waals surface area contributed by atoms with Crippen LogP contribution >= 0.6 is 0 Å². The predicted molar refractivity (Wildman–Crippen MR) is 76.9 cm³/mol. The second-order valence-electron chi connectivity index (χ2n) is 6.78. The van der Waals surface area contributed by atoms with Crippen molar-refractivity contribution in [1.82, 2.24) is 0 Å². The van der Waals surface area contributed by atoms with Crippen molar-refractivity contribution < 1.29 is 45.7 Å². The molecule has 0 saturated heterocycles. The van der Waals surface area contributed by atoms with Gasteiger partial charge in [-0.3, -0.25) is 0 Å². The average molecular weight is 390 g/mol. The second kappa shape index (κ2) is 7.03. The van der Waals surface area contributed by atoms with Crippen LogP contribution in [0.2, 0.25) is 0 Å². The van der Waals surface area contributed by atoms with Gasteiger partial charge in [0.15, 0.2) is 0 Å². The molecule has 0 aromatic carbocycles. The summed E-state index contributed by atoms with van der Waals surface area (Å²) in [6, 6.07) is 0. The van der Waals surface area contributed by atoms with Gasteiger partial charge in [-0.1, -0.05) is 6.58 Å². The first-order valence-corrected chi connectivity index (χ1v) is 8.15. The van der Waals surface area contributed by atoms with Gasteiger partial charge in [-0.05, 0) is 38.0 Å². The normalized spacial score (nSPS) is 29.1. The third-order valence-corrected chi connectivity index (χ3v) is 5.19. The first-order valence-electron chi connectivity index (χ1n) is 8.15. The standard InChI is InChI=1S/C16H20F6O4/c1-3-25-13(23)8(2)7-26-12-6-9-4-10(12)11(5-9)14(24,15(17,18)19)16(20,21)22/h9-12,24H,2-7H2,1H3. The number of alkyl halides is 6. The zero-order valence-electron chi connectivity index (χ0n) is 14.0. The summed E-state index contributed by atoms with van der Waals surface area (Å²) >= 11 is 0. The van der Waals surface area contributed by atoms with Crippen molar-refractivity contribution in [3.05, 3.63) is 12.2 Å². The Morgan fingerprint density at radius 2 is 1.69 bits per heavy atom. The van der Waals surface area contributed by atoms with Crippen LogP contribution in [0.1, 0.15) is 26.2 Å². The lowest BCUT2D eigenvalue weighted by Gasteiger charge is -2.42. The van der Waals surface area contributed by atoms with Crippen molar-refractivity contribution in [2.45, 2.75) is 50.2 Å². The Morgan fingerprint density at radius 3 is 2.15 bits per heavy atom. The van der Waals surface area contributed by atoms with Crippen molar-refractivity contribution in [3.8, 4) is 0 Å². The molecule has 0 aliphatic heterocycles. The van der Waals surface area contributed by atoms with Crippen LogP contribution in [0.5, 0.6) is 0 Å². The van der Waals surface area contributed by atoms with Gasteiger partial charge in [-0.2, -0.15) is 26.3 Å². The maximum atomic E-state index is 13.1. The first-order chi connectivity index (χ1) is 11.8. The fraction of sp³-hybridized carbons (Fsp3) is 0.812. The van der Waals surface area contributed by atoms with Gasteiger partial charge in [0.1, 0.15) is 0 Å². The summed E-state index contributed by atoms with van der Waals surface area (Å²) in [7, 11) is 0. The molecule has 0 spiro atoms. The van der Waals surface area contributed by atoms with Crippen LogP contribution in [0, 0.1) is 17.8 Å². The lowest BCUT2D eigenvalue weighted by atomic mass is 9.74. The van der Waals surface area contributed by atoms with Crippen LogP contribution in [-0.4, -0.2) is 48.3 Å². The van der Waals surface area contributed by atoms with E-state index < -0.39 is 47.8 Å². The van der Waals surface area contributed by atoms with E-state index in [-0.39, 0.29) is 38.0 Å². The van der Waals surface area contributed by atoms with Crippen LogP contribution in [0.25, 0.3) is 0 Å². The van der Waals surface area contributed by atoms with Crippen LogP contribution in [0.15, 0.2) is 12.2 Å². The van der Waals surface area contributed by atoms with Gasteiger partial charge in [0.05, 0.1) is 24.9 Å². The summed E-state index contributed by atoms with van der Waals surface area (Å²) in [6.45, 7) is 4.75. The molecule has 4 unspecified atom stereocenters. The average Bonchev–Trinajstić information content (AvgIpc) is 3.09. The summed E-state index contributed by atoms with van der Waals surface area (Å²) < 4.78 is 88.8. The van der Waals surface area contributed by atoms with E-state index in [1.165, 1.54) is 0 Å². The Balaban J connectivity index is 2.12. The van der Waals surface area contributed by atoms with Crippen molar-refractivity contribution in [1.29, 1.82) is 0 Å². The maximum Gasteiger partial charge on any atom is 0.426 e. The number of fused-ring (bicyclic) bond motifs is 2. The molecule has 2 fully saturated rings. The molecular weight excluding hydrogens is 370 g/mol. The second-order valence-corrected chi connectivity index (χ2v) is 6.78. The van der Waals surface area contributed by atoms with Gasteiger partial charge >= 0.3 is 18.3 Å². The molecule has 26 heavy (non-hydrogen) atoms. The van der Waals surface area contributed by atoms with Gasteiger partial charge in [0.2, 0.25) is 0 Å². The number of rotatable bonds is 6. The van der Waals surface area contributed by atoms with E-state index in [1.54, 1.807) is 6.92 Å². The summed E-state index contributed by atoms with van der Waals surface area (Å²) in [4.78, 5) is 11.5. The number of halogens is 6. The fourth-order valence-electron chi connectivity index (χ4n) is 4.04. The van der Waals surface area contributed by atoms with E-state index in [4.69, 9.17) is 4.74 Å². The minimum atomic E-state index is -5.85. The van der Waals surface area contributed by atoms with Crippen LogP contribution < -0.4 is 0 Å². The summed E-state index contributed by atoms with van der Waals surface area (Å²) in [5.74, 6) is -4.29. The van der Waals surface area contributed by atoms with E-state index in [1.807, 2.05) is 0 Å². The summed E-state index contributed by atoms with van der Waals surface area (Å²) in [5.41, 5.74) is -4.85. The third-order valence-electron chi connectivity index (χ3n) is 5.19. The molecule has 2 bridgehead atoms. The van der Waals surface area contributed by atoms with Crippen molar-refractivity contribution in [3.63, 3.8) is 0 Å². The molecule has 2 rings (SSSR count). The Hall–Kier alpha value is -1.29. The Kier molecular flexibility index (Phi) is 5.68. The van der Waals surface area contributed by atoms with Gasteiger partial charge in [-0.25, -0.2) is 4.79 Å². The smallest absolute Gasteiger partial charge is 0.426 e. The van der Waals surface area contributed by atoms with Gasteiger partial charge < -0.3 is 14.6 Å². The highest BCUT2D eigenvalue weighted by Gasteiger charge is 2.76. The van der Waals surface area contributed by atoms with Gasteiger partial charge in [0, 0.05) is 5.92 Å².